The van der Waals surface area contributed by atoms with Gasteiger partial charge in [0.2, 0.25) is 0 Å². The van der Waals surface area contributed by atoms with E-state index in [1.807, 2.05) is 47.5 Å². The highest BCUT2D eigenvalue weighted by Crippen LogP contribution is 2.37. The standard InChI is InChI=1S/C24H21N7OS/c25-10-17-3-1-2-4-22(17)33-23-9-18(14-31-24(23)19(11-26)12-28-31)20-13-27-30(15-20)21-5-6-29(16-21)7-8-32/h1-4,9,12-15,21,32H,5-8,16H2/t21-/m1/s1. The predicted molar refractivity (Wildman–Crippen MR) is 124 cm³/mol. The van der Waals surface area contributed by atoms with Gasteiger partial charge >= 0.3 is 0 Å². The normalized spacial score (nSPS) is 16.2. The third kappa shape index (κ3) is 4.10. The van der Waals surface area contributed by atoms with Gasteiger partial charge in [0, 0.05) is 52.9 Å². The molecule has 1 N–H and O–H groups in total. The largest absolute Gasteiger partial charge is 0.395 e. The molecule has 0 saturated carbocycles. The first-order chi connectivity index (χ1) is 16.2. The van der Waals surface area contributed by atoms with Gasteiger partial charge in [-0.3, -0.25) is 9.58 Å². The second-order valence-electron chi connectivity index (χ2n) is 7.94. The summed E-state index contributed by atoms with van der Waals surface area (Å²) < 4.78 is 3.72. The van der Waals surface area contributed by atoms with E-state index >= 15 is 0 Å². The first-order valence-electron chi connectivity index (χ1n) is 10.7. The summed E-state index contributed by atoms with van der Waals surface area (Å²) in [5.41, 5.74) is 3.70. The quantitative estimate of drug-likeness (QED) is 0.475. The average molecular weight is 456 g/mol. The Kier molecular flexibility index (Phi) is 5.84. The van der Waals surface area contributed by atoms with Crippen LogP contribution in [0, 0.1) is 22.7 Å². The minimum absolute atomic E-state index is 0.168. The van der Waals surface area contributed by atoms with Gasteiger partial charge in [-0.1, -0.05) is 23.9 Å². The Morgan fingerprint density at radius 1 is 1.03 bits per heavy atom. The molecule has 0 amide bonds. The molecule has 3 aromatic heterocycles. The highest BCUT2D eigenvalue weighted by molar-refractivity contribution is 7.99. The van der Waals surface area contributed by atoms with E-state index in [0.29, 0.717) is 17.7 Å². The number of aliphatic hydroxyl groups is 1. The molecule has 1 fully saturated rings. The van der Waals surface area contributed by atoms with Gasteiger partial charge in [0.05, 0.1) is 41.7 Å². The van der Waals surface area contributed by atoms with Crippen LogP contribution in [0.1, 0.15) is 23.6 Å². The van der Waals surface area contributed by atoms with E-state index < -0.39 is 0 Å². The predicted octanol–water partition coefficient (Wildman–Crippen LogP) is 3.33. The number of nitrogens with zero attached hydrogens (tertiary/aromatic N) is 7. The summed E-state index contributed by atoms with van der Waals surface area (Å²) >= 11 is 1.46. The van der Waals surface area contributed by atoms with Crippen LogP contribution in [0.2, 0.25) is 0 Å². The second kappa shape index (κ2) is 9.08. The lowest BCUT2D eigenvalue weighted by atomic mass is 10.1. The number of rotatable bonds is 6. The van der Waals surface area contributed by atoms with Crippen LogP contribution >= 0.6 is 11.8 Å². The molecule has 0 bridgehead atoms. The van der Waals surface area contributed by atoms with Gasteiger partial charge in [-0.2, -0.15) is 20.7 Å². The summed E-state index contributed by atoms with van der Waals surface area (Å²) in [6.07, 6.45) is 8.36. The van der Waals surface area contributed by atoms with Crippen LogP contribution in [0.4, 0.5) is 0 Å². The van der Waals surface area contributed by atoms with Crippen LogP contribution < -0.4 is 0 Å². The number of benzene rings is 1. The van der Waals surface area contributed by atoms with Crippen molar-refractivity contribution in [1.29, 1.82) is 10.5 Å². The number of aromatic nitrogens is 4. The molecule has 33 heavy (non-hydrogen) atoms. The minimum Gasteiger partial charge on any atom is -0.395 e. The van der Waals surface area contributed by atoms with Crippen LogP contribution in [0.25, 0.3) is 16.6 Å². The first kappa shape index (κ1) is 21.2. The Morgan fingerprint density at radius 2 is 1.88 bits per heavy atom. The van der Waals surface area contributed by atoms with E-state index in [1.165, 1.54) is 11.8 Å². The van der Waals surface area contributed by atoms with Crippen LogP contribution in [-0.4, -0.2) is 55.6 Å². The molecule has 1 atom stereocenters. The zero-order valence-electron chi connectivity index (χ0n) is 17.8. The van der Waals surface area contributed by atoms with Crippen LogP contribution in [-0.2, 0) is 0 Å². The summed E-state index contributed by atoms with van der Waals surface area (Å²) in [5, 5.41) is 37.3. The minimum atomic E-state index is 0.168. The van der Waals surface area contributed by atoms with Crippen molar-refractivity contribution >= 4 is 17.3 Å². The molecule has 9 heteroatoms. The van der Waals surface area contributed by atoms with E-state index in [2.05, 4.69) is 27.2 Å². The molecule has 0 unspecified atom stereocenters. The molecule has 164 valence electrons. The Balaban J connectivity index is 1.52. The Labute approximate surface area is 195 Å². The highest BCUT2D eigenvalue weighted by atomic mass is 32.2. The van der Waals surface area contributed by atoms with Gasteiger partial charge in [-0.05, 0) is 24.6 Å². The fraction of sp³-hybridized carbons (Fsp3) is 0.250. The molecule has 0 radical (unpaired) electrons. The number of nitriles is 2. The van der Waals surface area contributed by atoms with E-state index in [0.717, 1.165) is 45.9 Å². The van der Waals surface area contributed by atoms with Crippen molar-refractivity contribution in [3.05, 3.63) is 66.2 Å². The fourth-order valence-corrected chi connectivity index (χ4v) is 5.32. The second-order valence-corrected chi connectivity index (χ2v) is 9.03. The monoisotopic (exact) mass is 455 g/mol. The molecule has 0 aliphatic carbocycles. The van der Waals surface area contributed by atoms with Gasteiger partial charge in [-0.15, -0.1) is 0 Å². The summed E-state index contributed by atoms with van der Waals surface area (Å²) in [7, 11) is 0. The summed E-state index contributed by atoms with van der Waals surface area (Å²) in [6.45, 7) is 2.68. The third-order valence-corrected chi connectivity index (χ3v) is 7.00. The molecule has 1 aliphatic rings. The summed E-state index contributed by atoms with van der Waals surface area (Å²) in [6, 6.07) is 14.2. The highest BCUT2D eigenvalue weighted by Gasteiger charge is 2.24. The van der Waals surface area contributed by atoms with E-state index in [1.54, 1.807) is 16.8 Å². The zero-order chi connectivity index (χ0) is 22.8. The Morgan fingerprint density at radius 3 is 2.70 bits per heavy atom. The van der Waals surface area contributed by atoms with Crippen LogP contribution in [0.3, 0.4) is 0 Å². The molecule has 0 spiro atoms. The lowest BCUT2D eigenvalue weighted by Crippen LogP contribution is -2.24. The Bertz CT molecular complexity index is 1390. The average Bonchev–Trinajstić information content (AvgIpc) is 3.59. The molecule has 5 rings (SSSR count). The molecule has 1 aliphatic heterocycles. The smallest absolute Gasteiger partial charge is 0.103 e. The summed E-state index contributed by atoms with van der Waals surface area (Å²) in [5.74, 6) is 0. The maximum Gasteiger partial charge on any atom is 0.103 e. The SMILES string of the molecule is N#Cc1ccccc1Sc1cc(-c2cnn([C@@H]3CCN(CCO)C3)c2)cn2ncc(C#N)c12. The molecule has 1 aromatic carbocycles. The van der Waals surface area contributed by atoms with Crippen molar-refractivity contribution in [2.45, 2.75) is 22.3 Å². The number of hydrogen-bond donors (Lipinski definition) is 1. The van der Waals surface area contributed by atoms with Gasteiger partial charge in [0.15, 0.2) is 0 Å². The van der Waals surface area contributed by atoms with E-state index in [9.17, 15) is 15.6 Å². The molecular weight excluding hydrogens is 434 g/mol. The third-order valence-electron chi connectivity index (χ3n) is 5.90. The van der Waals surface area contributed by atoms with Crippen LogP contribution in [0.15, 0.2) is 64.9 Å². The number of likely N-dealkylation sites (tertiary alicyclic amines) is 1. The maximum absolute atomic E-state index is 9.59. The van der Waals surface area contributed by atoms with E-state index in [-0.39, 0.29) is 12.6 Å². The topological polar surface area (TPSA) is 106 Å². The Hall–Kier alpha value is -3.63. The number of hydrogen-bond acceptors (Lipinski definition) is 7. The van der Waals surface area contributed by atoms with Gasteiger partial charge in [0.1, 0.15) is 12.1 Å². The maximum atomic E-state index is 9.59. The van der Waals surface area contributed by atoms with Crippen molar-refractivity contribution in [3.63, 3.8) is 0 Å². The van der Waals surface area contributed by atoms with Crippen molar-refractivity contribution in [1.82, 2.24) is 24.3 Å². The molecule has 4 aromatic rings. The van der Waals surface area contributed by atoms with Gasteiger partial charge < -0.3 is 5.11 Å². The number of aliphatic hydroxyl groups excluding tert-OH is 1. The van der Waals surface area contributed by atoms with Crippen LogP contribution in [0.5, 0.6) is 0 Å². The van der Waals surface area contributed by atoms with Gasteiger partial charge in [0.25, 0.3) is 0 Å². The first-order valence-corrected chi connectivity index (χ1v) is 11.5. The number of fused-ring (bicyclic) bond motifs is 1. The molecule has 4 heterocycles. The molecule has 8 nitrogen and oxygen atoms in total. The summed E-state index contributed by atoms with van der Waals surface area (Å²) in [4.78, 5) is 3.92. The lowest BCUT2D eigenvalue weighted by Gasteiger charge is -2.14. The molecular formula is C24H21N7OS. The molecule has 1 saturated heterocycles. The number of pyridine rings is 1. The fourth-order valence-electron chi connectivity index (χ4n) is 4.23. The zero-order valence-corrected chi connectivity index (χ0v) is 18.6. The number of β-amino-alcohol motifs (C(OH)–C–C–N with tert-alkyl or cyclic N) is 1. The van der Waals surface area contributed by atoms with E-state index in [4.69, 9.17) is 0 Å². The van der Waals surface area contributed by atoms with Crippen molar-refractivity contribution in [2.75, 3.05) is 26.2 Å². The van der Waals surface area contributed by atoms with Crippen molar-refractivity contribution in [2.24, 2.45) is 0 Å². The lowest BCUT2D eigenvalue weighted by molar-refractivity contribution is 0.216. The van der Waals surface area contributed by atoms with Crippen molar-refractivity contribution < 1.29 is 5.11 Å². The van der Waals surface area contributed by atoms with Crippen molar-refractivity contribution in [3.8, 4) is 23.3 Å². The van der Waals surface area contributed by atoms with Gasteiger partial charge in [-0.25, -0.2) is 4.52 Å².